The molecular formula is C20H22ClN9. The van der Waals surface area contributed by atoms with Crippen molar-refractivity contribution in [1.82, 2.24) is 34.7 Å². The Hall–Kier alpha value is -3.20. The van der Waals surface area contributed by atoms with E-state index in [1.807, 2.05) is 22.9 Å². The Labute approximate surface area is 178 Å². The Morgan fingerprint density at radius 1 is 1.17 bits per heavy atom. The summed E-state index contributed by atoms with van der Waals surface area (Å²) in [4.78, 5) is 20.8. The topological polar surface area (TPSA) is 109 Å². The lowest BCUT2D eigenvalue weighted by atomic mass is 9.80. The molecule has 3 heterocycles. The number of imidazole rings is 1. The summed E-state index contributed by atoms with van der Waals surface area (Å²) >= 11 is 6.04. The Bertz CT molecular complexity index is 1120. The van der Waals surface area contributed by atoms with Crippen molar-refractivity contribution in [3.05, 3.63) is 54.1 Å². The van der Waals surface area contributed by atoms with Gasteiger partial charge in [-0.2, -0.15) is 5.10 Å². The fourth-order valence-electron chi connectivity index (χ4n) is 3.81. The van der Waals surface area contributed by atoms with Crippen LogP contribution in [-0.4, -0.2) is 47.3 Å². The summed E-state index contributed by atoms with van der Waals surface area (Å²) in [5, 5.41) is 11.8. The van der Waals surface area contributed by atoms with Crippen LogP contribution in [0.1, 0.15) is 18.7 Å². The van der Waals surface area contributed by atoms with E-state index in [2.05, 4.69) is 40.7 Å². The zero-order valence-electron chi connectivity index (χ0n) is 16.3. The van der Waals surface area contributed by atoms with Gasteiger partial charge in [-0.1, -0.05) is 11.6 Å². The highest BCUT2D eigenvalue weighted by Crippen LogP contribution is 2.32. The smallest absolute Gasteiger partial charge is 0.169 e. The third kappa shape index (κ3) is 4.20. The van der Waals surface area contributed by atoms with Crippen LogP contribution in [0.15, 0.2) is 43.2 Å². The van der Waals surface area contributed by atoms with E-state index >= 15 is 0 Å². The van der Waals surface area contributed by atoms with Crippen molar-refractivity contribution >= 4 is 34.3 Å². The largest absolute Gasteiger partial charge is 0.367 e. The van der Waals surface area contributed by atoms with E-state index in [-0.39, 0.29) is 0 Å². The lowest BCUT2D eigenvalue weighted by molar-refractivity contribution is 0.240. The maximum Gasteiger partial charge on any atom is 0.169 e. The molecule has 4 aromatic rings. The van der Waals surface area contributed by atoms with E-state index in [1.54, 1.807) is 25.0 Å². The normalized spacial score (nSPS) is 18.3. The predicted octanol–water partition coefficient (Wildman–Crippen LogP) is 3.14. The van der Waals surface area contributed by atoms with Crippen LogP contribution in [-0.2, 0) is 13.0 Å². The molecule has 9 nitrogen and oxygen atoms in total. The number of benzene rings is 1. The summed E-state index contributed by atoms with van der Waals surface area (Å²) in [5.74, 6) is 3.07. The molecule has 30 heavy (non-hydrogen) atoms. The molecule has 1 aliphatic rings. The first-order chi connectivity index (χ1) is 14.7. The van der Waals surface area contributed by atoms with Crippen molar-refractivity contribution in [1.29, 1.82) is 0 Å². The summed E-state index contributed by atoms with van der Waals surface area (Å²) in [7, 11) is 0. The third-order valence-corrected chi connectivity index (χ3v) is 5.57. The number of hydrogen-bond donors (Lipinski definition) is 3. The van der Waals surface area contributed by atoms with Crippen LogP contribution in [0.2, 0.25) is 5.02 Å². The van der Waals surface area contributed by atoms with Crippen molar-refractivity contribution in [3.63, 3.8) is 0 Å². The van der Waals surface area contributed by atoms with Crippen LogP contribution in [0.5, 0.6) is 0 Å². The minimum atomic E-state index is 0.399. The number of nitrogens with zero attached hydrogens (tertiary/aromatic N) is 6. The monoisotopic (exact) mass is 423 g/mol. The first-order valence-corrected chi connectivity index (χ1v) is 10.4. The molecular weight excluding hydrogens is 402 g/mol. The molecule has 1 fully saturated rings. The summed E-state index contributed by atoms with van der Waals surface area (Å²) < 4.78 is 1.89. The quantitative estimate of drug-likeness (QED) is 0.399. The summed E-state index contributed by atoms with van der Waals surface area (Å²) in [6, 6.07) is 6.06. The highest BCUT2D eigenvalue weighted by Gasteiger charge is 2.30. The standard InChI is InChI=1S/C20H22ClN9/c21-14-1-2-16-17(9-14)29-18(28-16)3-4-23-19-20(25-6-5-24-19)27-15-7-13(8-15)10-30-12-22-11-26-30/h1-2,5-6,9,11-13,15H,3-4,7-8,10H2,(H,23,24)(H,25,27)(H,28,29). The lowest BCUT2D eigenvalue weighted by Crippen LogP contribution is -2.38. The second kappa shape index (κ2) is 8.27. The number of halogens is 1. The Kier molecular flexibility index (Phi) is 5.18. The van der Waals surface area contributed by atoms with Gasteiger partial charge in [0, 0.05) is 43.0 Å². The molecule has 0 saturated heterocycles. The van der Waals surface area contributed by atoms with Gasteiger partial charge in [0.2, 0.25) is 0 Å². The average molecular weight is 424 g/mol. The third-order valence-electron chi connectivity index (χ3n) is 5.33. The number of fused-ring (bicyclic) bond motifs is 1. The zero-order chi connectivity index (χ0) is 20.3. The maximum absolute atomic E-state index is 6.04. The summed E-state index contributed by atoms with van der Waals surface area (Å²) in [6.45, 7) is 1.60. The molecule has 0 atom stereocenters. The van der Waals surface area contributed by atoms with Gasteiger partial charge in [0.15, 0.2) is 11.6 Å². The van der Waals surface area contributed by atoms with Crippen molar-refractivity contribution in [2.24, 2.45) is 5.92 Å². The molecule has 0 radical (unpaired) electrons. The fraction of sp³-hybridized carbons (Fsp3) is 0.350. The number of anilines is 2. The Balaban J connectivity index is 1.14. The number of rotatable bonds is 8. The minimum absolute atomic E-state index is 0.399. The maximum atomic E-state index is 6.04. The van der Waals surface area contributed by atoms with Crippen LogP contribution in [0.4, 0.5) is 11.6 Å². The molecule has 0 aliphatic heterocycles. The highest BCUT2D eigenvalue weighted by molar-refractivity contribution is 6.31. The van der Waals surface area contributed by atoms with Crippen molar-refractivity contribution in [3.8, 4) is 0 Å². The fourth-order valence-corrected chi connectivity index (χ4v) is 3.99. The highest BCUT2D eigenvalue weighted by atomic mass is 35.5. The van der Waals surface area contributed by atoms with Crippen LogP contribution >= 0.6 is 11.6 Å². The average Bonchev–Trinajstić information content (AvgIpc) is 3.36. The second-order valence-corrected chi connectivity index (χ2v) is 8.01. The molecule has 5 rings (SSSR count). The van der Waals surface area contributed by atoms with Gasteiger partial charge < -0.3 is 15.6 Å². The van der Waals surface area contributed by atoms with Crippen molar-refractivity contribution < 1.29 is 0 Å². The molecule has 1 aromatic carbocycles. The molecule has 154 valence electrons. The molecule has 1 aliphatic carbocycles. The van der Waals surface area contributed by atoms with Gasteiger partial charge in [-0.05, 0) is 37.0 Å². The SMILES string of the molecule is Clc1ccc2nc(CCNc3nccnc3NC3CC(Cn4cncn4)C3)[nH]c2c1. The molecule has 3 N–H and O–H groups in total. The van der Waals surface area contributed by atoms with Gasteiger partial charge in [0.25, 0.3) is 0 Å². The van der Waals surface area contributed by atoms with Gasteiger partial charge in [0.1, 0.15) is 18.5 Å². The summed E-state index contributed by atoms with van der Waals surface area (Å²) in [6.07, 6.45) is 9.65. The minimum Gasteiger partial charge on any atom is -0.367 e. The first kappa shape index (κ1) is 18.8. The Morgan fingerprint density at radius 2 is 2.03 bits per heavy atom. The van der Waals surface area contributed by atoms with E-state index < -0.39 is 0 Å². The summed E-state index contributed by atoms with van der Waals surface area (Å²) in [5.41, 5.74) is 1.87. The lowest BCUT2D eigenvalue weighted by Gasteiger charge is -2.36. The second-order valence-electron chi connectivity index (χ2n) is 7.57. The number of nitrogens with one attached hydrogen (secondary N) is 3. The van der Waals surface area contributed by atoms with Gasteiger partial charge in [-0.3, -0.25) is 4.68 Å². The number of H-pyrrole nitrogens is 1. The van der Waals surface area contributed by atoms with Crippen LogP contribution in [0, 0.1) is 5.92 Å². The molecule has 10 heteroatoms. The van der Waals surface area contributed by atoms with Crippen LogP contribution < -0.4 is 10.6 Å². The van der Waals surface area contributed by atoms with Gasteiger partial charge in [-0.15, -0.1) is 0 Å². The predicted molar refractivity (Wildman–Crippen MR) is 115 cm³/mol. The van der Waals surface area contributed by atoms with Crippen LogP contribution in [0.25, 0.3) is 11.0 Å². The number of aromatic amines is 1. The van der Waals surface area contributed by atoms with E-state index in [1.165, 1.54) is 0 Å². The number of hydrogen-bond acceptors (Lipinski definition) is 7. The number of aromatic nitrogens is 7. The van der Waals surface area contributed by atoms with Crippen molar-refractivity contribution in [2.45, 2.75) is 31.8 Å². The van der Waals surface area contributed by atoms with E-state index in [0.717, 1.165) is 54.3 Å². The first-order valence-electron chi connectivity index (χ1n) is 10.0. The van der Waals surface area contributed by atoms with E-state index in [9.17, 15) is 0 Å². The molecule has 0 amide bonds. The van der Waals surface area contributed by atoms with Gasteiger partial charge in [0.05, 0.1) is 11.0 Å². The Morgan fingerprint density at radius 3 is 2.87 bits per heavy atom. The van der Waals surface area contributed by atoms with Gasteiger partial charge in [-0.25, -0.2) is 19.9 Å². The van der Waals surface area contributed by atoms with Crippen molar-refractivity contribution in [2.75, 3.05) is 17.2 Å². The zero-order valence-corrected chi connectivity index (χ0v) is 17.0. The van der Waals surface area contributed by atoms with Gasteiger partial charge >= 0.3 is 0 Å². The van der Waals surface area contributed by atoms with E-state index in [0.29, 0.717) is 23.5 Å². The molecule has 0 unspecified atom stereocenters. The molecule has 1 saturated carbocycles. The van der Waals surface area contributed by atoms with Crippen LogP contribution in [0.3, 0.4) is 0 Å². The van der Waals surface area contributed by atoms with E-state index in [4.69, 9.17) is 11.6 Å². The molecule has 0 spiro atoms. The molecule has 0 bridgehead atoms. The molecule has 3 aromatic heterocycles.